The monoisotopic (exact) mass is 366 g/mol. The molecule has 1 N–H and O–H groups in total. The third kappa shape index (κ3) is 3.12. The van der Waals surface area contributed by atoms with Gasteiger partial charge in [-0.1, -0.05) is 18.2 Å². The van der Waals surface area contributed by atoms with Crippen LogP contribution in [0.1, 0.15) is 30.0 Å². The molecule has 5 heteroatoms. The standard InChI is InChI=1S/C22H26N2O3/c1-25-19-12-15(13-20(26-2)22(19)27-3)21(24-10-6-7-11-24)17-14-23-18-9-5-4-8-16(17)18/h4-5,8-9,12-14,21,23H,6-7,10-11H2,1-3H3. The number of nitrogens with zero attached hydrogens (tertiary/aromatic N) is 1. The van der Waals surface area contributed by atoms with Crippen LogP contribution in [-0.4, -0.2) is 44.3 Å². The molecule has 1 aromatic heterocycles. The fourth-order valence-electron chi connectivity index (χ4n) is 4.17. The van der Waals surface area contributed by atoms with E-state index >= 15 is 0 Å². The van der Waals surface area contributed by atoms with Gasteiger partial charge < -0.3 is 19.2 Å². The largest absolute Gasteiger partial charge is 0.493 e. The van der Waals surface area contributed by atoms with Crippen molar-refractivity contribution in [2.45, 2.75) is 18.9 Å². The van der Waals surface area contributed by atoms with E-state index in [1.165, 1.54) is 23.8 Å². The van der Waals surface area contributed by atoms with Gasteiger partial charge in [0.05, 0.1) is 27.4 Å². The zero-order valence-electron chi connectivity index (χ0n) is 16.1. The maximum atomic E-state index is 5.61. The first-order valence-corrected chi connectivity index (χ1v) is 9.36. The number of likely N-dealkylation sites (tertiary alicyclic amines) is 1. The van der Waals surface area contributed by atoms with Gasteiger partial charge in [0, 0.05) is 17.1 Å². The van der Waals surface area contributed by atoms with E-state index in [0.29, 0.717) is 17.2 Å². The molecule has 4 rings (SSSR count). The van der Waals surface area contributed by atoms with E-state index in [-0.39, 0.29) is 6.04 Å². The first-order valence-electron chi connectivity index (χ1n) is 9.36. The van der Waals surface area contributed by atoms with Gasteiger partial charge >= 0.3 is 0 Å². The molecule has 0 amide bonds. The average molecular weight is 366 g/mol. The second-order valence-electron chi connectivity index (χ2n) is 6.89. The van der Waals surface area contributed by atoms with Crippen LogP contribution in [-0.2, 0) is 0 Å². The fourth-order valence-corrected chi connectivity index (χ4v) is 4.17. The van der Waals surface area contributed by atoms with Crippen molar-refractivity contribution in [3.05, 3.63) is 53.7 Å². The molecule has 1 aliphatic rings. The number of fused-ring (bicyclic) bond motifs is 1. The molecule has 1 saturated heterocycles. The van der Waals surface area contributed by atoms with Crippen LogP contribution in [0.5, 0.6) is 17.2 Å². The highest BCUT2D eigenvalue weighted by molar-refractivity contribution is 5.84. The predicted octanol–water partition coefficient (Wildman–Crippen LogP) is 4.38. The first kappa shape index (κ1) is 17.7. The molecule has 0 bridgehead atoms. The van der Waals surface area contributed by atoms with Crippen LogP contribution in [0.3, 0.4) is 0 Å². The smallest absolute Gasteiger partial charge is 0.203 e. The number of aromatic amines is 1. The summed E-state index contributed by atoms with van der Waals surface area (Å²) >= 11 is 0. The SMILES string of the molecule is COc1cc(C(c2c[nH]c3ccccc23)N2CCCC2)cc(OC)c1OC. The van der Waals surface area contributed by atoms with Gasteiger partial charge in [0.2, 0.25) is 5.75 Å². The van der Waals surface area contributed by atoms with Crippen LogP contribution < -0.4 is 14.2 Å². The number of hydrogen-bond donors (Lipinski definition) is 1. The van der Waals surface area contributed by atoms with Gasteiger partial charge in [0.15, 0.2) is 11.5 Å². The van der Waals surface area contributed by atoms with Crippen molar-refractivity contribution in [1.29, 1.82) is 0 Å². The van der Waals surface area contributed by atoms with Gasteiger partial charge in [0.25, 0.3) is 0 Å². The number of aromatic nitrogens is 1. The average Bonchev–Trinajstić information content (AvgIpc) is 3.38. The first-order chi connectivity index (χ1) is 13.3. The number of benzene rings is 2. The van der Waals surface area contributed by atoms with E-state index < -0.39 is 0 Å². The zero-order valence-corrected chi connectivity index (χ0v) is 16.1. The molecule has 2 heterocycles. The van der Waals surface area contributed by atoms with E-state index in [2.05, 4.69) is 52.5 Å². The van der Waals surface area contributed by atoms with E-state index in [1.54, 1.807) is 21.3 Å². The highest BCUT2D eigenvalue weighted by Crippen LogP contribution is 2.43. The molecule has 0 radical (unpaired) electrons. The second-order valence-corrected chi connectivity index (χ2v) is 6.89. The number of nitrogens with one attached hydrogen (secondary N) is 1. The summed E-state index contributed by atoms with van der Waals surface area (Å²) < 4.78 is 16.7. The molecular formula is C22H26N2O3. The quantitative estimate of drug-likeness (QED) is 0.703. The molecule has 27 heavy (non-hydrogen) atoms. The molecule has 1 aliphatic heterocycles. The van der Waals surface area contributed by atoms with Crippen LogP contribution in [0.25, 0.3) is 10.9 Å². The number of hydrogen-bond acceptors (Lipinski definition) is 4. The molecule has 0 spiro atoms. The lowest BCUT2D eigenvalue weighted by Gasteiger charge is -2.29. The van der Waals surface area contributed by atoms with Crippen molar-refractivity contribution in [2.24, 2.45) is 0 Å². The zero-order chi connectivity index (χ0) is 18.8. The summed E-state index contributed by atoms with van der Waals surface area (Å²) in [4.78, 5) is 5.97. The summed E-state index contributed by atoms with van der Waals surface area (Å²) in [6.45, 7) is 2.17. The molecule has 142 valence electrons. The minimum atomic E-state index is 0.136. The van der Waals surface area contributed by atoms with Crippen molar-refractivity contribution < 1.29 is 14.2 Å². The highest BCUT2D eigenvalue weighted by atomic mass is 16.5. The summed E-state index contributed by atoms with van der Waals surface area (Å²) in [7, 11) is 4.97. The third-order valence-corrected chi connectivity index (χ3v) is 5.42. The Labute approximate surface area is 159 Å². The minimum absolute atomic E-state index is 0.136. The Hall–Kier alpha value is -2.66. The number of H-pyrrole nitrogens is 1. The molecule has 3 aromatic rings. The molecule has 5 nitrogen and oxygen atoms in total. The lowest BCUT2D eigenvalue weighted by molar-refractivity contribution is 0.278. The van der Waals surface area contributed by atoms with E-state index in [4.69, 9.17) is 14.2 Å². The summed E-state index contributed by atoms with van der Waals surface area (Å²) in [5, 5.41) is 1.25. The van der Waals surface area contributed by atoms with Crippen LogP contribution in [0, 0.1) is 0 Å². The Balaban J connectivity index is 1.89. The summed E-state index contributed by atoms with van der Waals surface area (Å²) in [6.07, 6.45) is 4.59. The van der Waals surface area contributed by atoms with Gasteiger partial charge in [-0.2, -0.15) is 0 Å². The Morgan fingerprint density at radius 2 is 1.59 bits per heavy atom. The van der Waals surface area contributed by atoms with E-state index in [0.717, 1.165) is 24.2 Å². The molecule has 1 fully saturated rings. The normalized spacial score (nSPS) is 15.8. The van der Waals surface area contributed by atoms with Crippen LogP contribution >= 0.6 is 0 Å². The predicted molar refractivity (Wildman–Crippen MR) is 107 cm³/mol. The number of rotatable bonds is 6. The third-order valence-electron chi connectivity index (χ3n) is 5.42. The van der Waals surface area contributed by atoms with Crippen molar-refractivity contribution in [3.63, 3.8) is 0 Å². The fraction of sp³-hybridized carbons (Fsp3) is 0.364. The molecule has 0 saturated carbocycles. The van der Waals surface area contributed by atoms with Gasteiger partial charge in [-0.3, -0.25) is 4.90 Å². The van der Waals surface area contributed by atoms with Crippen LogP contribution in [0.2, 0.25) is 0 Å². The van der Waals surface area contributed by atoms with Gasteiger partial charge in [0.1, 0.15) is 0 Å². The van der Waals surface area contributed by atoms with Crippen molar-refractivity contribution >= 4 is 10.9 Å². The summed E-state index contributed by atoms with van der Waals surface area (Å²) in [5.74, 6) is 2.01. The van der Waals surface area contributed by atoms with Gasteiger partial charge in [-0.15, -0.1) is 0 Å². The summed E-state index contributed by atoms with van der Waals surface area (Å²) in [6, 6.07) is 12.7. The van der Waals surface area contributed by atoms with Gasteiger partial charge in [-0.25, -0.2) is 0 Å². The second kappa shape index (κ2) is 7.53. The van der Waals surface area contributed by atoms with E-state index in [1.807, 2.05) is 0 Å². The topological polar surface area (TPSA) is 46.7 Å². The van der Waals surface area contributed by atoms with Crippen LogP contribution in [0.4, 0.5) is 0 Å². The number of ether oxygens (including phenoxy) is 3. The Bertz CT molecular complexity index is 903. The van der Waals surface area contributed by atoms with Crippen molar-refractivity contribution in [2.75, 3.05) is 34.4 Å². The number of methoxy groups -OCH3 is 3. The number of para-hydroxylation sites is 1. The van der Waals surface area contributed by atoms with Crippen LogP contribution in [0.15, 0.2) is 42.6 Å². The Morgan fingerprint density at radius 1 is 0.926 bits per heavy atom. The lowest BCUT2D eigenvalue weighted by atomic mass is 9.96. The molecular weight excluding hydrogens is 340 g/mol. The minimum Gasteiger partial charge on any atom is -0.493 e. The molecule has 1 unspecified atom stereocenters. The molecule has 1 atom stereocenters. The Kier molecular flexibility index (Phi) is 4.94. The maximum Gasteiger partial charge on any atom is 0.203 e. The van der Waals surface area contributed by atoms with Gasteiger partial charge in [-0.05, 0) is 55.3 Å². The summed E-state index contributed by atoms with van der Waals surface area (Å²) in [5.41, 5.74) is 3.59. The maximum absolute atomic E-state index is 5.61. The lowest BCUT2D eigenvalue weighted by Crippen LogP contribution is -2.26. The van der Waals surface area contributed by atoms with Crippen molar-refractivity contribution in [1.82, 2.24) is 9.88 Å². The highest BCUT2D eigenvalue weighted by Gasteiger charge is 2.29. The van der Waals surface area contributed by atoms with E-state index in [9.17, 15) is 0 Å². The molecule has 0 aliphatic carbocycles. The molecule has 2 aromatic carbocycles. The van der Waals surface area contributed by atoms with Crippen molar-refractivity contribution in [3.8, 4) is 17.2 Å². The Morgan fingerprint density at radius 3 is 2.22 bits per heavy atom.